The lowest BCUT2D eigenvalue weighted by atomic mass is 9.97. The summed E-state index contributed by atoms with van der Waals surface area (Å²) in [5, 5.41) is 14.3. The molecule has 2 aliphatic rings. The number of ether oxygens (including phenoxy) is 1. The maximum Gasteiger partial charge on any atom is 0.307 e. The highest BCUT2D eigenvalue weighted by Crippen LogP contribution is 2.30. The van der Waals surface area contributed by atoms with Gasteiger partial charge >= 0.3 is 5.97 Å². The summed E-state index contributed by atoms with van der Waals surface area (Å²) in [6, 6.07) is 7.47. The monoisotopic (exact) mass is 387 g/mol. The number of hydrogen-bond acceptors (Lipinski definition) is 6. The van der Waals surface area contributed by atoms with Gasteiger partial charge in [0, 0.05) is 24.4 Å². The molecule has 0 radical (unpaired) electrons. The molecule has 0 spiro atoms. The zero-order valence-corrected chi connectivity index (χ0v) is 16.7. The number of carbonyl (C=O) groups excluding carboxylic acids is 2. The molecule has 1 aromatic carbocycles. The quantitative estimate of drug-likeness (QED) is 0.512. The molecule has 0 bridgehead atoms. The van der Waals surface area contributed by atoms with Crippen LogP contribution >= 0.6 is 0 Å². The van der Waals surface area contributed by atoms with E-state index in [9.17, 15) is 9.59 Å². The zero-order chi connectivity index (χ0) is 20.5. The highest BCUT2D eigenvalue weighted by molar-refractivity contribution is 5.98. The van der Waals surface area contributed by atoms with E-state index in [2.05, 4.69) is 20.4 Å². The Hall–Kier alpha value is -2.51. The van der Waals surface area contributed by atoms with Crippen LogP contribution in [0.4, 0.5) is 0 Å². The van der Waals surface area contributed by atoms with Crippen molar-refractivity contribution in [2.24, 2.45) is 4.99 Å². The second kappa shape index (κ2) is 10.7. The first-order chi connectivity index (χ1) is 13.4. The first-order valence-electron chi connectivity index (χ1n) is 9.44. The summed E-state index contributed by atoms with van der Waals surface area (Å²) in [4.78, 5) is 26.6. The summed E-state index contributed by atoms with van der Waals surface area (Å²) >= 11 is 0. The second-order valence-corrected chi connectivity index (χ2v) is 6.97. The summed E-state index contributed by atoms with van der Waals surface area (Å²) in [5.41, 5.74) is 5.36. The van der Waals surface area contributed by atoms with E-state index >= 15 is 0 Å². The largest absolute Gasteiger partial charge is 0.469 e. The van der Waals surface area contributed by atoms with Gasteiger partial charge in [0.2, 0.25) is 6.41 Å². The van der Waals surface area contributed by atoms with Crippen molar-refractivity contribution >= 4 is 23.7 Å². The van der Waals surface area contributed by atoms with Crippen LogP contribution in [0.3, 0.4) is 0 Å². The van der Waals surface area contributed by atoms with Crippen molar-refractivity contribution in [3.05, 3.63) is 41.1 Å². The second-order valence-electron chi connectivity index (χ2n) is 6.97. The minimum Gasteiger partial charge on any atom is -0.469 e. The van der Waals surface area contributed by atoms with Crippen molar-refractivity contribution in [2.75, 3.05) is 20.2 Å². The number of nitrogens with zero attached hydrogens (tertiary/aromatic N) is 1. The average molecular weight is 387 g/mol. The first kappa shape index (κ1) is 21.8. The van der Waals surface area contributed by atoms with Crippen molar-refractivity contribution in [3.63, 3.8) is 0 Å². The van der Waals surface area contributed by atoms with Crippen LogP contribution in [-0.4, -0.2) is 49.5 Å². The van der Waals surface area contributed by atoms with Crippen molar-refractivity contribution in [2.45, 2.75) is 45.3 Å². The lowest BCUT2D eigenvalue weighted by Crippen LogP contribution is -2.23. The lowest BCUT2D eigenvalue weighted by molar-refractivity contribution is -0.141. The molecular weight excluding hydrogens is 358 g/mol. The maximum absolute atomic E-state index is 11.4. The van der Waals surface area contributed by atoms with Crippen LogP contribution < -0.4 is 10.6 Å². The molecule has 0 saturated carbocycles. The molecule has 1 fully saturated rings. The Balaban J connectivity index is 0.000000397. The van der Waals surface area contributed by atoms with Gasteiger partial charge in [-0.3, -0.25) is 14.6 Å². The van der Waals surface area contributed by atoms with Crippen molar-refractivity contribution in [1.82, 2.24) is 10.6 Å². The fraction of sp³-hybridized carbons (Fsp3) is 0.476. The Morgan fingerprint density at radius 2 is 2.11 bits per heavy atom. The molecule has 28 heavy (non-hydrogen) atoms. The van der Waals surface area contributed by atoms with E-state index < -0.39 is 0 Å². The van der Waals surface area contributed by atoms with Gasteiger partial charge in [-0.2, -0.15) is 0 Å². The molecule has 2 atom stereocenters. The van der Waals surface area contributed by atoms with Gasteiger partial charge in [0.25, 0.3) is 0 Å². The van der Waals surface area contributed by atoms with Crippen molar-refractivity contribution in [1.29, 1.82) is 0 Å². The highest BCUT2D eigenvalue weighted by atomic mass is 16.5. The number of methoxy groups -OCH3 is 1. The SMILES string of the molecule is COC(=O)CC(NC=O)c1ccc(C2=C(C)N=C(C)C2)cc1.OC1CCNC1. The molecule has 0 aromatic heterocycles. The van der Waals surface area contributed by atoms with E-state index in [1.165, 1.54) is 12.7 Å². The Morgan fingerprint density at radius 3 is 2.54 bits per heavy atom. The van der Waals surface area contributed by atoms with Crippen LogP contribution in [0.2, 0.25) is 0 Å². The Morgan fingerprint density at radius 1 is 1.39 bits per heavy atom. The molecule has 1 aromatic rings. The van der Waals surface area contributed by atoms with Crippen LogP contribution in [0.1, 0.15) is 50.3 Å². The predicted octanol–water partition coefficient (Wildman–Crippen LogP) is 1.97. The maximum atomic E-state index is 11.4. The van der Waals surface area contributed by atoms with Gasteiger partial charge in [0.05, 0.1) is 25.7 Å². The number of allylic oxidation sites excluding steroid dienone is 2. The standard InChI is InChI=1S/C17H20N2O3.C4H9NO/c1-11-8-15(12(2)19-11)13-4-6-14(7-5-13)16(18-10-20)9-17(21)22-3;6-4-1-2-5-3-4/h4-7,10,16H,8-9H2,1-3H3,(H,18,20);4-6H,1-3H2. The van der Waals surface area contributed by atoms with Gasteiger partial charge in [-0.25, -0.2) is 0 Å². The van der Waals surface area contributed by atoms with Gasteiger partial charge in [0.15, 0.2) is 0 Å². The number of rotatable bonds is 6. The number of esters is 1. The smallest absolute Gasteiger partial charge is 0.307 e. The van der Waals surface area contributed by atoms with E-state index in [-0.39, 0.29) is 24.5 Å². The van der Waals surface area contributed by atoms with Crippen molar-refractivity contribution < 1.29 is 19.4 Å². The number of aliphatic imine (C=N–C) groups is 1. The van der Waals surface area contributed by atoms with Crippen LogP contribution in [0.15, 0.2) is 35.0 Å². The molecule has 2 heterocycles. The van der Waals surface area contributed by atoms with Gasteiger partial charge in [0.1, 0.15) is 0 Å². The molecule has 3 rings (SSSR count). The summed E-state index contributed by atoms with van der Waals surface area (Å²) in [6.45, 7) is 5.81. The van der Waals surface area contributed by atoms with E-state index in [1.807, 2.05) is 38.1 Å². The van der Waals surface area contributed by atoms with Gasteiger partial charge < -0.3 is 20.5 Å². The summed E-state index contributed by atoms with van der Waals surface area (Å²) < 4.78 is 4.66. The Kier molecular flexibility index (Phi) is 8.35. The third-order valence-electron chi connectivity index (χ3n) is 4.79. The van der Waals surface area contributed by atoms with E-state index in [4.69, 9.17) is 5.11 Å². The number of carbonyl (C=O) groups is 2. The topological polar surface area (TPSA) is 100 Å². The highest BCUT2D eigenvalue weighted by Gasteiger charge is 2.17. The molecule has 3 N–H and O–H groups in total. The van der Waals surface area contributed by atoms with Crippen LogP contribution in [0.5, 0.6) is 0 Å². The van der Waals surface area contributed by atoms with E-state index in [0.717, 1.165) is 48.5 Å². The number of aliphatic hydroxyl groups excluding tert-OH is 1. The summed E-state index contributed by atoms with van der Waals surface area (Å²) in [5.74, 6) is -0.359. The van der Waals surface area contributed by atoms with Gasteiger partial charge in [-0.1, -0.05) is 24.3 Å². The normalized spacial score (nSPS) is 19.4. The Labute approximate surface area is 165 Å². The molecule has 0 aliphatic carbocycles. The number of β-amino-alcohol motifs (C(OH)–C–C–N with tert-alkyl or cyclic N) is 1. The summed E-state index contributed by atoms with van der Waals surface area (Å²) in [6.07, 6.45) is 2.44. The van der Waals surface area contributed by atoms with Gasteiger partial charge in [-0.15, -0.1) is 0 Å². The van der Waals surface area contributed by atoms with Crippen LogP contribution in [0, 0.1) is 0 Å². The Bertz CT molecular complexity index is 735. The molecular formula is C21H29N3O4. The number of hydrogen-bond donors (Lipinski definition) is 3. The average Bonchev–Trinajstić information content (AvgIpc) is 3.29. The lowest BCUT2D eigenvalue weighted by Gasteiger charge is -2.16. The molecule has 7 heteroatoms. The third-order valence-corrected chi connectivity index (χ3v) is 4.79. The minimum absolute atomic E-state index is 0.0648. The number of amides is 1. The molecule has 7 nitrogen and oxygen atoms in total. The fourth-order valence-electron chi connectivity index (χ4n) is 3.25. The molecule has 2 unspecified atom stereocenters. The summed E-state index contributed by atoms with van der Waals surface area (Å²) in [7, 11) is 1.33. The van der Waals surface area contributed by atoms with E-state index in [0.29, 0.717) is 6.41 Å². The number of benzene rings is 1. The number of aliphatic hydroxyl groups is 1. The van der Waals surface area contributed by atoms with Crippen molar-refractivity contribution in [3.8, 4) is 0 Å². The van der Waals surface area contributed by atoms with Crippen LogP contribution in [-0.2, 0) is 14.3 Å². The first-order valence-corrected chi connectivity index (χ1v) is 9.44. The van der Waals surface area contributed by atoms with E-state index in [1.54, 1.807) is 0 Å². The fourth-order valence-corrected chi connectivity index (χ4v) is 3.25. The number of nitrogens with one attached hydrogen (secondary N) is 2. The zero-order valence-electron chi connectivity index (χ0n) is 16.7. The third kappa shape index (κ3) is 6.28. The van der Waals surface area contributed by atoms with Gasteiger partial charge in [-0.05, 0) is 43.5 Å². The van der Waals surface area contributed by atoms with Crippen LogP contribution in [0.25, 0.3) is 5.57 Å². The minimum atomic E-state index is -0.379. The predicted molar refractivity (Wildman–Crippen MR) is 109 cm³/mol. The molecule has 2 aliphatic heterocycles. The molecule has 1 amide bonds. The molecule has 1 saturated heterocycles. The molecule has 152 valence electrons.